The highest BCUT2D eigenvalue weighted by Gasteiger charge is 2.14. The normalized spacial score (nSPS) is 10.9. The molecule has 4 heteroatoms. The second-order valence-corrected chi connectivity index (χ2v) is 7.65. The fourth-order valence-corrected chi connectivity index (χ4v) is 4.31. The predicted molar refractivity (Wildman–Crippen MR) is 114 cm³/mol. The van der Waals surface area contributed by atoms with Crippen LogP contribution < -0.4 is 5.32 Å². The SMILES string of the molecule is Cc1cc(C)c(-c2csc(NC(=O)c3cccc4ccccc34)n2)c(C)c1. The van der Waals surface area contributed by atoms with Crippen LogP contribution in [0.3, 0.4) is 0 Å². The molecule has 4 rings (SSSR count). The van der Waals surface area contributed by atoms with Gasteiger partial charge < -0.3 is 0 Å². The Kier molecular flexibility index (Phi) is 4.50. The van der Waals surface area contributed by atoms with Gasteiger partial charge in [0.15, 0.2) is 5.13 Å². The summed E-state index contributed by atoms with van der Waals surface area (Å²) < 4.78 is 0. The molecule has 4 aromatic rings. The van der Waals surface area contributed by atoms with Gasteiger partial charge in [0, 0.05) is 16.5 Å². The van der Waals surface area contributed by atoms with Crippen molar-refractivity contribution >= 4 is 33.1 Å². The van der Waals surface area contributed by atoms with E-state index in [0.29, 0.717) is 10.7 Å². The van der Waals surface area contributed by atoms with E-state index in [1.807, 2.05) is 47.8 Å². The van der Waals surface area contributed by atoms with Crippen LogP contribution in [0.15, 0.2) is 60.0 Å². The molecule has 1 N–H and O–H groups in total. The predicted octanol–water partition coefficient (Wildman–Crippen LogP) is 6.14. The number of aromatic nitrogens is 1. The number of benzene rings is 3. The minimum Gasteiger partial charge on any atom is -0.298 e. The number of anilines is 1. The quantitative estimate of drug-likeness (QED) is 0.469. The first-order valence-corrected chi connectivity index (χ1v) is 9.74. The van der Waals surface area contributed by atoms with Gasteiger partial charge in [0.2, 0.25) is 0 Å². The van der Waals surface area contributed by atoms with Gasteiger partial charge in [0.25, 0.3) is 5.91 Å². The van der Waals surface area contributed by atoms with E-state index in [1.165, 1.54) is 28.0 Å². The molecule has 1 heterocycles. The van der Waals surface area contributed by atoms with Gasteiger partial charge in [-0.25, -0.2) is 4.98 Å². The van der Waals surface area contributed by atoms with Crippen LogP contribution in [0.4, 0.5) is 5.13 Å². The molecule has 0 saturated carbocycles. The number of aryl methyl sites for hydroxylation is 3. The number of amides is 1. The van der Waals surface area contributed by atoms with Crippen molar-refractivity contribution in [1.82, 2.24) is 4.98 Å². The molecule has 1 amide bonds. The van der Waals surface area contributed by atoms with Gasteiger partial charge in [-0.2, -0.15) is 0 Å². The van der Waals surface area contributed by atoms with Gasteiger partial charge in [0.05, 0.1) is 5.69 Å². The highest BCUT2D eigenvalue weighted by molar-refractivity contribution is 7.14. The van der Waals surface area contributed by atoms with Crippen LogP contribution in [0.25, 0.3) is 22.0 Å². The lowest BCUT2D eigenvalue weighted by atomic mass is 9.98. The number of hydrogen-bond donors (Lipinski definition) is 1. The summed E-state index contributed by atoms with van der Waals surface area (Å²) in [7, 11) is 0. The zero-order valence-electron chi connectivity index (χ0n) is 15.5. The van der Waals surface area contributed by atoms with Crippen LogP contribution in [0.2, 0.25) is 0 Å². The lowest BCUT2D eigenvalue weighted by Gasteiger charge is -2.09. The van der Waals surface area contributed by atoms with Crippen LogP contribution in [0.5, 0.6) is 0 Å². The van der Waals surface area contributed by atoms with Gasteiger partial charge in [-0.1, -0.05) is 54.1 Å². The van der Waals surface area contributed by atoms with Gasteiger partial charge in [-0.05, 0) is 48.7 Å². The second-order valence-electron chi connectivity index (χ2n) is 6.79. The Morgan fingerprint density at radius 1 is 0.963 bits per heavy atom. The topological polar surface area (TPSA) is 42.0 Å². The molecular weight excluding hydrogens is 352 g/mol. The van der Waals surface area contributed by atoms with E-state index in [1.54, 1.807) is 0 Å². The Bertz CT molecular complexity index is 1130. The molecule has 3 aromatic carbocycles. The molecule has 0 fully saturated rings. The molecule has 1 aromatic heterocycles. The first-order valence-electron chi connectivity index (χ1n) is 8.86. The van der Waals surface area contributed by atoms with Crippen molar-refractivity contribution in [3.05, 3.63) is 82.2 Å². The van der Waals surface area contributed by atoms with Crippen molar-refractivity contribution in [2.24, 2.45) is 0 Å². The second kappa shape index (κ2) is 6.97. The molecule has 0 aliphatic carbocycles. The number of thiazole rings is 1. The molecule has 134 valence electrons. The van der Waals surface area contributed by atoms with Crippen molar-refractivity contribution in [2.75, 3.05) is 5.32 Å². The summed E-state index contributed by atoms with van der Waals surface area (Å²) in [4.78, 5) is 17.5. The molecule has 0 atom stereocenters. The largest absolute Gasteiger partial charge is 0.298 e. The molecule has 0 bridgehead atoms. The fraction of sp³-hybridized carbons (Fsp3) is 0.130. The maximum absolute atomic E-state index is 12.8. The average molecular weight is 372 g/mol. The first-order chi connectivity index (χ1) is 13.0. The zero-order valence-corrected chi connectivity index (χ0v) is 16.4. The maximum atomic E-state index is 12.8. The Morgan fingerprint density at radius 3 is 2.44 bits per heavy atom. The summed E-state index contributed by atoms with van der Waals surface area (Å²) in [6.45, 7) is 6.30. The van der Waals surface area contributed by atoms with Crippen molar-refractivity contribution in [3.63, 3.8) is 0 Å². The number of hydrogen-bond acceptors (Lipinski definition) is 3. The number of carbonyl (C=O) groups excluding carboxylic acids is 1. The smallest absolute Gasteiger partial charge is 0.258 e. The lowest BCUT2D eigenvalue weighted by Crippen LogP contribution is -2.12. The molecule has 0 saturated heterocycles. The minimum absolute atomic E-state index is 0.134. The van der Waals surface area contributed by atoms with Crippen LogP contribution in [0, 0.1) is 20.8 Å². The Balaban J connectivity index is 1.64. The van der Waals surface area contributed by atoms with E-state index in [9.17, 15) is 4.79 Å². The summed E-state index contributed by atoms with van der Waals surface area (Å²) in [5.41, 5.74) is 6.35. The van der Waals surface area contributed by atoms with Gasteiger partial charge in [-0.3, -0.25) is 10.1 Å². The highest BCUT2D eigenvalue weighted by Crippen LogP contribution is 2.31. The monoisotopic (exact) mass is 372 g/mol. The molecule has 0 radical (unpaired) electrons. The van der Waals surface area contributed by atoms with E-state index in [2.05, 4.69) is 43.2 Å². The molecule has 0 spiro atoms. The number of rotatable bonds is 3. The molecule has 0 unspecified atom stereocenters. The maximum Gasteiger partial charge on any atom is 0.258 e. The Labute approximate surface area is 162 Å². The fourth-order valence-electron chi connectivity index (χ4n) is 3.62. The molecule has 3 nitrogen and oxygen atoms in total. The molecular formula is C23H20N2OS. The third-order valence-corrected chi connectivity index (χ3v) is 5.45. The van der Waals surface area contributed by atoms with Crippen molar-refractivity contribution in [1.29, 1.82) is 0 Å². The van der Waals surface area contributed by atoms with Gasteiger partial charge in [0.1, 0.15) is 0 Å². The van der Waals surface area contributed by atoms with Crippen molar-refractivity contribution in [3.8, 4) is 11.3 Å². The van der Waals surface area contributed by atoms with Crippen LogP contribution >= 0.6 is 11.3 Å². The minimum atomic E-state index is -0.134. The summed E-state index contributed by atoms with van der Waals surface area (Å²) >= 11 is 1.45. The third kappa shape index (κ3) is 3.36. The third-order valence-electron chi connectivity index (χ3n) is 4.69. The number of nitrogens with one attached hydrogen (secondary N) is 1. The van der Waals surface area contributed by atoms with Gasteiger partial charge in [-0.15, -0.1) is 11.3 Å². The number of carbonyl (C=O) groups is 1. The van der Waals surface area contributed by atoms with E-state index in [0.717, 1.165) is 22.0 Å². The highest BCUT2D eigenvalue weighted by atomic mass is 32.1. The zero-order chi connectivity index (χ0) is 19.0. The van der Waals surface area contributed by atoms with E-state index >= 15 is 0 Å². The van der Waals surface area contributed by atoms with E-state index in [4.69, 9.17) is 0 Å². The van der Waals surface area contributed by atoms with Crippen LogP contribution in [0.1, 0.15) is 27.0 Å². The number of fused-ring (bicyclic) bond motifs is 1. The first kappa shape index (κ1) is 17.4. The Morgan fingerprint density at radius 2 is 1.67 bits per heavy atom. The molecule has 0 aliphatic heterocycles. The average Bonchev–Trinajstić information content (AvgIpc) is 3.08. The van der Waals surface area contributed by atoms with Crippen molar-refractivity contribution < 1.29 is 4.79 Å². The lowest BCUT2D eigenvalue weighted by molar-refractivity contribution is 0.102. The summed E-state index contributed by atoms with van der Waals surface area (Å²) in [5, 5.41) is 7.57. The summed E-state index contributed by atoms with van der Waals surface area (Å²) in [6.07, 6.45) is 0. The summed E-state index contributed by atoms with van der Waals surface area (Å²) in [6, 6.07) is 18.0. The van der Waals surface area contributed by atoms with Crippen LogP contribution in [-0.2, 0) is 0 Å². The Hall–Kier alpha value is -2.98. The number of nitrogens with zero attached hydrogens (tertiary/aromatic N) is 1. The van der Waals surface area contributed by atoms with E-state index < -0.39 is 0 Å². The van der Waals surface area contributed by atoms with Crippen molar-refractivity contribution in [2.45, 2.75) is 20.8 Å². The standard InChI is InChI=1S/C23H20N2OS/c1-14-11-15(2)21(16(3)12-14)20-13-27-23(24-20)25-22(26)19-10-6-8-17-7-4-5-9-18(17)19/h4-13H,1-3H3,(H,24,25,26). The molecule has 27 heavy (non-hydrogen) atoms. The van der Waals surface area contributed by atoms with Gasteiger partial charge >= 0.3 is 0 Å². The van der Waals surface area contributed by atoms with Crippen LogP contribution in [-0.4, -0.2) is 10.9 Å². The summed E-state index contributed by atoms with van der Waals surface area (Å²) in [5.74, 6) is -0.134. The molecule has 0 aliphatic rings. The van der Waals surface area contributed by atoms with E-state index in [-0.39, 0.29) is 5.91 Å².